The minimum absolute atomic E-state index is 0.465. The number of aromatic nitrogens is 2. The van der Waals surface area contributed by atoms with Gasteiger partial charge in [-0.25, -0.2) is 9.97 Å². The third-order valence-corrected chi connectivity index (χ3v) is 3.27. The predicted molar refractivity (Wildman–Crippen MR) is 62.6 cm³/mol. The van der Waals surface area contributed by atoms with E-state index in [9.17, 15) is 0 Å². The van der Waals surface area contributed by atoms with Crippen LogP contribution in [0.25, 0.3) is 0 Å². The van der Waals surface area contributed by atoms with Gasteiger partial charge in [0.2, 0.25) is 0 Å². The summed E-state index contributed by atoms with van der Waals surface area (Å²) in [7, 11) is 0. The highest BCUT2D eigenvalue weighted by Crippen LogP contribution is 2.31. The highest BCUT2D eigenvalue weighted by Gasteiger charge is 2.03. The fourth-order valence-electron chi connectivity index (χ4n) is 1.01. The second kappa shape index (κ2) is 4.84. The molecule has 0 bridgehead atoms. The summed E-state index contributed by atoms with van der Waals surface area (Å²) in [5.41, 5.74) is 0. The zero-order valence-electron chi connectivity index (χ0n) is 7.52. The Kier molecular flexibility index (Phi) is 3.46. The van der Waals surface area contributed by atoms with E-state index in [1.54, 1.807) is 30.6 Å². The van der Waals surface area contributed by atoms with E-state index in [1.165, 1.54) is 11.8 Å². The summed E-state index contributed by atoms with van der Waals surface area (Å²) in [4.78, 5) is 9.04. The largest absolute Gasteiger partial charge is 0.248 e. The van der Waals surface area contributed by atoms with Crippen molar-refractivity contribution in [2.24, 2.45) is 0 Å². The van der Waals surface area contributed by atoms with Crippen molar-refractivity contribution >= 4 is 35.0 Å². The van der Waals surface area contributed by atoms with Crippen LogP contribution >= 0.6 is 35.0 Å². The molecule has 15 heavy (non-hydrogen) atoms. The molecule has 2 heterocycles. The van der Waals surface area contributed by atoms with Crippen LogP contribution in [0.5, 0.6) is 0 Å². The van der Waals surface area contributed by atoms with E-state index < -0.39 is 0 Å². The van der Waals surface area contributed by atoms with Gasteiger partial charge in [0.15, 0.2) is 0 Å². The van der Waals surface area contributed by atoms with Gasteiger partial charge in [-0.15, -0.1) is 0 Å². The Balaban J connectivity index is 2.26. The summed E-state index contributed by atoms with van der Waals surface area (Å²) in [5, 5.41) is 1.86. The number of pyridine rings is 2. The molecule has 0 saturated carbocycles. The van der Waals surface area contributed by atoms with Crippen LogP contribution in [0.3, 0.4) is 0 Å². The lowest BCUT2D eigenvalue weighted by Gasteiger charge is -2.02. The number of hydrogen-bond acceptors (Lipinski definition) is 3. The predicted octanol–water partition coefficient (Wildman–Crippen LogP) is 3.93. The van der Waals surface area contributed by atoms with Crippen molar-refractivity contribution in [2.45, 2.75) is 9.92 Å². The first-order chi connectivity index (χ1) is 7.25. The lowest BCUT2D eigenvalue weighted by molar-refractivity contribution is 1.13. The van der Waals surface area contributed by atoms with Crippen molar-refractivity contribution in [3.8, 4) is 0 Å². The Labute approximate surface area is 102 Å². The second-order valence-electron chi connectivity index (χ2n) is 2.71. The lowest BCUT2D eigenvalue weighted by Crippen LogP contribution is -1.81. The Morgan fingerprint density at radius 1 is 1.07 bits per heavy atom. The van der Waals surface area contributed by atoms with Crippen LogP contribution in [0, 0.1) is 0 Å². The van der Waals surface area contributed by atoms with Gasteiger partial charge in [-0.3, -0.25) is 0 Å². The topological polar surface area (TPSA) is 25.8 Å². The standard InChI is InChI=1S/C10H6Cl2N2S/c11-8-2-1-4-14-10(8)15-7-3-5-13-9(12)6-7/h1-6H. The molecule has 0 aliphatic carbocycles. The molecule has 5 heteroatoms. The molecule has 0 radical (unpaired) electrons. The third-order valence-electron chi connectivity index (χ3n) is 1.64. The lowest BCUT2D eigenvalue weighted by atomic mass is 10.5. The zero-order chi connectivity index (χ0) is 10.7. The molecule has 0 atom stereocenters. The molecule has 76 valence electrons. The summed E-state index contributed by atoms with van der Waals surface area (Å²) in [5.74, 6) is 0. The van der Waals surface area contributed by atoms with Crippen LogP contribution in [0.1, 0.15) is 0 Å². The smallest absolute Gasteiger partial charge is 0.130 e. The molecule has 0 fully saturated rings. The van der Waals surface area contributed by atoms with Crippen LogP contribution in [0.2, 0.25) is 10.2 Å². The quantitative estimate of drug-likeness (QED) is 0.762. The van der Waals surface area contributed by atoms with Gasteiger partial charge >= 0.3 is 0 Å². The zero-order valence-corrected chi connectivity index (χ0v) is 9.85. The Hall–Kier alpha value is -0.770. The molecule has 2 aromatic rings. The van der Waals surface area contributed by atoms with Crippen molar-refractivity contribution in [3.63, 3.8) is 0 Å². The third kappa shape index (κ3) is 2.84. The molecule has 0 aromatic carbocycles. The van der Waals surface area contributed by atoms with Gasteiger partial charge in [0.1, 0.15) is 10.2 Å². The van der Waals surface area contributed by atoms with Crippen LogP contribution < -0.4 is 0 Å². The van der Waals surface area contributed by atoms with E-state index in [2.05, 4.69) is 9.97 Å². The van der Waals surface area contributed by atoms with Gasteiger partial charge in [0.25, 0.3) is 0 Å². The SMILES string of the molecule is Clc1cc(Sc2ncccc2Cl)ccn1. The summed E-state index contributed by atoms with van der Waals surface area (Å²) >= 11 is 13.2. The Morgan fingerprint density at radius 2 is 1.93 bits per heavy atom. The van der Waals surface area contributed by atoms with Gasteiger partial charge in [0, 0.05) is 17.3 Å². The van der Waals surface area contributed by atoms with Crippen LogP contribution in [0.15, 0.2) is 46.6 Å². The van der Waals surface area contributed by atoms with Gasteiger partial charge in [-0.2, -0.15) is 0 Å². The maximum atomic E-state index is 5.98. The van der Waals surface area contributed by atoms with Crippen molar-refractivity contribution in [1.29, 1.82) is 0 Å². The molecule has 0 aliphatic heterocycles. The average molecular weight is 257 g/mol. The highest BCUT2D eigenvalue weighted by atomic mass is 35.5. The van der Waals surface area contributed by atoms with Crippen molar-refractivity contribution in [1.82, 2.24) is 9.97 Å². The van der Waals surface area contributed by atoms with E-state index in [0.717, 1.165) is 9.92 Å². The molecule has 2 rings (SSSR count). The first kappa shape index (κ1) is 10.7. The average Bonchev–Trinajstić information content (AvgIpc) is 2.22. The molecule has 2 aromatic heterocycles. The van der Waals surface area contributed by atoms with Crippen molar-refractivity contribution in [2.75, 3.05) is 0 Å². The van der Waals surface area contributed by atoms with Crippen LogP contribution in [-0.2, 0) is 0 Å². The van der Waals surface area contributed by atoms with Gasteiger partial charge in [0.05, 0.1) is 5.02 Å². The first-order valence-electron chi connectivity index (χ1n) is 4.15. The molecule has 2 nitrogen and oxygen atoms in total. The minimum Gasteiger partial charge on any atom is -0.248 e. The summed E-state index contributed by atoms with van der Waals surface area (Å²) < 4.78 is 0. The van der Waals surface area contributed by atoms with Crippen LogP contribution in [0.4, 0.5) is 0 Å². The van der Waals surface area contributed by atoms with E-state index >= 15 is 0 Å². The summed E-state index contributed by atoms with van der Waals surface area (Å²) in [6.45, 7) is 0. The van der Waals surface area contributed by atoms with Gasteiger partial charge in [-0.1, -0.05) is 35.0 Å². The minimum atomic E-state index is 0.465. The molecule has 0 N–H and O–H groups in total. The molecular weight excluding hydrogens is 251 g/mol. The van der Waals surface area contributed by atoms with E-state index in [1.807, 2.05) is 6.07 Å². The van der Waals surface area contributed by atoms with Crippen molar-refractivity contribution < 1.29 is 0 Å². The molecule has 0 spiro atoms. The summed E-state index contributed by atoms with van der Waals surface area (Å²) in [6.07, 6.45) is 3.36. The maximum absolute atomic E-state index is 5.98. The summed E-state index contributed by atoms with van der Waals surface area (Å²) in [6, 6.07) is 7.24. The molecule has 0 saturated heterocycles. The van der Waals surface area contributed by atoms with Crippen molar-refractivity contribution in [3.05, 3.63) is 46.8 Å². The second-order valence-corrected chi connectivity index (χ2v) is 4.56. The number of rotatable bonds is 2. The Morgan fingerprint density at radius 3 is 2.67 bits per heavy atom. The number of halogens is 2. The number of hydrogen-bond donors (Lipinski definition) is 0. The fraction of sp³-hybridized carbons (Fsp3) is 0. The Bertz CT molecular complexity index is 476. The monoisotopic (exact) mass is 256 g/mol. The molecule has 0 amide bonds. The van der Waals surface area contributed by atoms with E-state index in [-0.39, 0.29) is 0 Å². The number of nitrogens with zero attached hydrogens (tertiary/aromatic N) is 2. The molecule has 0 unspecified atom stereocenters. The molecular formula is C10H6Cl2N2S. The molecule has 0 aliphatic rings. The highest BCUT2D eigenvalue weighted by molar-refractivity contribution is 7.99. The van der Waals surface area contributed by atoms with E-state index in [0.29, 0.717) is 10.2 Å². The normalized spacial score (nSPS) is 10.3. The van der Waals surface area contributed by atoms with Crippen LogP contribution in [-0.4, -0.2) is 9.97 Å². The fourth-order valence-corrected chi connectivity index (χ4v) is 2.28. The van der Waals surface area contributed by atoms with E-state index in [4.69, 9.17) is 23.2 Å². The van der Waals surface area contributed by atoms with Gasteiger partial charge in [-0.05, 0) is 24.3 Å². The maximum Gasteiger partial charge on any atom is 0.130 e. The van der Waals surface area contributed by atoms with Gasteiger partial charge < -0.3 is 0 Å². The first-order valence-corrected chi connectivity index (χ1v) is 5.73.